The van der Waals surface area contributed by atoms with E-state index < -0.39 is 0 Å². The molecule has 0 aliphatic heterocycles. The number of nitrogens with zero attached hydrogens (tertiary/aromatic N) is 2. The summed E-state index contributed by atoms with van der Waals surface area (Å²) in [7, 11) is 0. The molecule has 0 atom stereocenters. The lowest BCUT2D eigenvalue weighted by Gasteiger charge is -2.10. The molecule has 2 rings (SSSR count). The van der Waals surface area contributed by atoms with E-state index in [1.807, 2.05) is 25.1 Å². The van der Waals surface area contributed by atoms with E-state index in [2.05, 4.69) is 26.1 Å². The van der Waals surface area contributed by atoms with Crippen LogP contribution in [-0.4, -0.2) is 10.2 Å². The fraction of sp³-hybridized carbons (Fsp3) is 0.167. The Labute approximate surface area is 108 Å². The van der Waals surface area contributed by atoms with Gasteiger partial charge in [0.2, 0.25) is 5.88 Å². The van der Waals surface area contributed by atoms with Gasteiger partial charge in [-0.3, -0.25) is 0 Å². The minimum atomic E-state index is 0.375. The number of halogens is 1. The highest BCUT2D eigenvalue weighted by atomic mass is 79.9. The van der Waals surface area contributed by atoms with E-state index in [0.29, 0.717) is 12.4 Å². The standard InChI is InChI=1S/C12H12BrN3O/c1-8-6-10(13)2-3-11(8)17-12-9(7-14)4-5-15-16-12/h2-6H,7,14H2,1H3. The SMILES string of the molecule is Cc1cc(Br)ccc1Oc1nnccc1CN. The van der Waals surface area contributed by atoms with Crippen LogP contribution < -0.4 is 10.5 Å². The van der Waals surface area contributed by atoms with Crippen molar-refractivity contribution in [2.75, 3.05) is 0 Å². The van der Waals surface area contributed by atoms with E-state index in [-0.39, 0.29) is 0 Å². The van der Waals surface area contributed by atoms with E-state index in [9.17, 15) is 0 Å². The lowest BCUT2D eigenvalue weighted by molar-refractivity contribution is 0.445. The molecule has 0 saturated heterocycles. The first-order valence-electron chi connectivity index (χ1n) is 5.15. The number of hydrogen-bond acceptors (Lipinski definition) is 4. The number of ether oxygens (including phenoxy) is 1. The molecule has 0 aliphatic rings. The maximum Gasteiger partial charge on any atom is 0.243 e. The summed E-state index contributed by atoms with van der Waals surface area (Å²) in [5.41, 5.74) is 7.47. The second-order valence-electron chi connectivity index (χ2n) is 3.58. The van der Waals surface area contributed by atoms with Crippen molar-refractivity contribution in [2.45, 2.75) is 13.5 Å². The molecule has 2 N–H and O–H groups in total. The van der Waals surface area contributed by atoms with Crippen molar-refractivity contribution in [3.8, 4) is 11.6 Å². The van der Waals surface area contributed by atoms with Crippen LogP contribution in [0.25, 0.3) is 0 Å². The van der Waals surface area contributed by atoms with Crippen molar-refractivity contribution < 1.29 is 4.74 Å². The van der Waals surface area contributed by atoms with Crippen molar-refractivity contribution in [3.05, 3.63) is 46.1 Å². The molecule has 17 heavy (non-hydrogen) atoms. The van der Waals surface area contributed by atoms with Crippen LogP contribution in [0.3, 0.4) is 0 Å². The largest absolute Gasteiger partial charge is 0.437 e. The van der Waals surface area contributed by atoms with Gasteiger partial charge in [-0.1, -0.05) is 15.9 Å². The Bertz CT molecular complexity index is 531. The summed E-state index contributed by atoms with van der Waals surface area (Å²) in [6, 6.07) is 7.58. The summed E-state index contributed by atoms with van der Waals surface area (Å²) in [6.07, 6.45) is 1.60. The predicted molar refractivity (Wildman–Crippen MR) is 68.9 cm³/mol. The Morgan fingerprint density at radius 1 is 1.35 bits per heavy atom. The van der Waals surface area contributed by atoms with Gasteiger partial charge >= 0.3 is 0 Å². The van der Waals surface area contributed by atoms with Gasteiger partial charge < -0.3 is 10.5 Å². The number of benzene rings is 1. The molecule has 88 valence electrons. The zero-order chi connectivity index (χ0) is 12.3. The first-order valence-corrected chi connectivity index (χ1v) is 5.94. The van der Waals surface area contributed by atoms with Gasteiger partial charge in [0.15, 0.2) is 0 Å². The Balaban J connectivity index is 2.31. The number of aryl methyl sites for hydroxylation is 1. The molecule has 1 aromatic carbocycles. The van der Waals surface area contributed by atoms with Crippen LogP contribution in [0.5, 0.6) is 11.6 Å². The first kappa shape index (κ1) is 12.0. The maximum atomic E-state index is 5.71. The van der Waals surface area contributed by atoms with Gasteiger partial charge in [0.05, 0.1) is 6.20 Å². The van der Waals surface area contributed by atoms with Gasteiger partial charge in [-0.05, 0) is 36.8 Å². The smallest absolute Gasteiger partial charge is 0.243 e. The third-order valence-corrected chi connectivity index (χ3v) is 2.82. The van der Waals surface area contributed by atoms with Crippen molar-refractivity contribution in [2.24, 2.45) is 5.73 Å². The molecular weight excluding hydrogens is 282 g/mol. The third-order valence-electron chi connectivity index (χ3n) is 2.33. The monoisotopic (exact) mass is 293 g/mol. The van der Waals surface area contributed by atoms with Gasteiger partial charge in [-0.15, -0.1) is 5.10 Å². The quantitative estimate of drug-likeness (QED) is 0.945. The molecule has 2 aromatic rings. The number of hydrogen-bond donors (Lipinski definition) is 1. The van der Waals surface area contributed by atoms with Crippen LogP contribution in [0.1, 0.15) is 11.1 Å². The molecule has 0 unspecified atom stereocenters. The molecule has 5 heteroatoms. The Morgan fingerprint density at radius 3 is 2.88 bits per heavy atom. The topological polar surface area (TPSA) is 61.0 Å². The molecule has 0 saturated carbocycles. The number of nitrogens with two attached hydrogens (primary N) is 1. The Hall–Kier alpha value is -1.46. The normalized spacial score (nSPS) is 10.3. The highest BCUT2D eigenvalue weighted by molar-refractivity contribution is 9.10. The summed E-state index contributed by atoms with van der Waals surface area (Å²) < 4.78 is 6.73. The average molecular weight is 294 g/mol. The fourth-order valence-electron chi connectivity index (χ4n) is 1.42. The van der Waals surface area contributed by atoms with E-state index in [0.717, 1.165) is 21.3 Å². The molecule has 4 nitrogen and oxygen atoms in total. The molecule has 0 aliphatic carbocycles. The molecule has 0 amide bonds. The molecule has 0 radical (unpaired) electrons. The van der Waals surface area contributed by atoms with Crippen molar-refractivity contribution >= 4 is 15.9 Å². The van der Waals surface area contributed by atoms with Gasteiger partial charge in [-0.25, -0.2) is 0 Å². The molecule has 1 heterocycles. The van der Waals surface area contributed by atoms with Crippen molar-refractivity contribution in [1.29, 1.82) is 0 Å². The Kier molecular flexibility index (Phi) is 3.71. The summed E-state index contributed by atoms with van der Waals surface area (Å²) >= 11 is 3.41. The second-order valence-corrected chi connectivity index (χ2v) is 4.49. The summed E-state index contributed by atoms with van der Waals surface area (Å²) in [5, 5.41) is 7.74. The Morgan fingerprint density at radius 2 is 2.18 bits per heavy atom. The molecule has 1 aromatic heterocycles. The average Bonchev–Trinajstić information content (AvgIpc) is 2.33. The summed E-state index contributed by atoms with van der Waals surface area (Å²) in [4.78, 5) is 0. The third kappa shape index (κ3) is 2.81. The van der Waals surface area contributed by atoms with Gasteiger partial charge in [-0.2, -0.15) is 5.10 Å². The first-order chi connectivity index (χ1) is 8.20. The second kappa shape index (κ2) is 5.25. The minimum absolute atomic E-state index is 0.375. The lowest BCUT2D eigenvalue weighted by Crippen LogP contribution is -2.02. The number of rotatable bonds is 3. The molecular formula is C12H12BrN3O. The van der Waals surface area contributed by atoms with Crippen LogP contribution in [0, 0.1) is 6.92 Å². The van der Waals surface area contributed by atoms with Crippen LogP contribution in [0.15, 0.2) is 34.9 Å². The van der Waals surface area contributed by atoms with E-state index in [1.165, 1.54) is 0 Å². The molecule has 0 fully saturated rings. The predicted octanol–water partition coefficient (Wildman–Crippen LogP) is 2.80. The molecule has 0 spiro atoms. The zero-order valence-corrected chi connectivity index (χ0v) is 10.9. The van der Waals surface area contributed by atoms with Crippen molar-refractivity contribution in [3.63, 3.8) is 0 Å². The van der Waals surface area contributed by atoms with Crippen LogP contribution in [-0.2, 0) is 6.54 Å². The van der Waals surface area contributed by atoms with Gasteiger partial charge in [0, 0.05) is 16.6 Å². The van der Waals surface area contributed by atoms with Crippen LogP contribution >= 0.6 is 15.9 Å². The van der Waals surface area contributed by atoms with E-state index in [4.69, 9.17) is 10.5 Å². The van der Waals surface area contributed by atoms with E-state index in [1.54, 1.807) is 12.3 Å². The minimum Gasteiger partial charge on any atom is -0.437 e. The lowest BCUT2D eigenvalue weighted by atomic mass is 10.2. The molecule has 0 bridgehead atoms. The summed E-state index contributed by atoms with van der Waals surface area (Å²) in [5.74, 6) is 1.21. The van der Waals surface area contributed by atoms with Gasteiger partial charge in [0.25, 0.3) is 0 Å². The fourth-order valence-corrected chi connectivity index (χ4v) is 1.89. The van der Waals surface area contributed by atoms with Crippen molar-refractivity contribution in [1.82, 2.24) is 10.2 Å². The highest BCUT2D eigenvalue weighted by Gasteiger charge is 2.07. The van der Waals surface area contributed by atoms with Crippen LogP contribution in [0.2, 0.25) is 0 Å². The highest BCUT2D eigenvalue weighted by Crippen LogP contribution is 2.27. The maximum absolute atomic E-state index is 5.71. The zero-order valence-electron chi connectivity index (χ0n) is 9.35. The van der Waals surface area contributed by atoms with Crippen LogP contribution in [0.4, 0.5) is 0 Å². The van der Waals surface area contributed by atoms with Gasteiger partial charge in [0.1, 0.15) is 5.75 Å². The number of aromatic nitrogens is 2. The van der Waals surface area contributed by atoms with E-state index >= 15 is 0 Å². The summed E-state index contributed by atoms with van der Waals surface area (Å²) in [6.45, 7) is 2.35.